The molecule has 0 aliphatic heterocycles. The third-order valence-corrected chi connectivity index (χ3v) is 8.47. The average molecular weight is 757 g/mol. The number of anilines is 4. The minimum absolute atomic E-state index is 0.0708. The molecule has 0 unspecified atom stereocenters. The molecule has 4 N–H and O–H groups in total. The molecule has 0 amide bonds. The Morgan fingerprint density at radius 2 is 1.26 bits per heavy atom. The van der Waals surface area contributed by atoms with Crippen LogP contribution in [-0.4, -0.2) is 42.1 Å². The van der Waals surface area contributed by atoms with Crippen LogP contribution in [0.4, 0.5) is 40.3 Å². The van der Waals surface area contributed by atoms with Crippen molar-refractivity contribution in [2.75, 3.05) is 10.6 Å². The average Bonchev–Trinajstić information content (AvgIpc) is 4.00. The number of aromatic nitrogens is 4. The summed E-state index contributed by atoms with van der Waals surface area (Å²) in [5.74, 6) is -1.98. The Bertz CT molecular complexity index is 2340. The van der Waals surface area contributed by atoms with Crippen molar-refractivity contribution in [3.05, 3.63) is 142 Å². The van der Waals surface area contributed by atoms with Crippen LogP contribution >= 0.6 is 11.6 Å². The molecule has 1 aliphatic carbocycles. The summed E-state index contributed by atoms with van der Waals surface area (Å²) in [6.45, 7) is 1.77. The largest absolute Gasteiger partial charge is 0.478 e. The van der Waals surface area contributed by atoms with Crippen molar-refractivity contribution in [1.82, 2.24) is 19.9 Å². The molecule has 15 heteroatoms. The van der Waals surface area contributed by atoms with Gasteiger partial charge in [-0.05, 0) is 79.8 Å². The number of rotatable bonds is 9. The van der Waals surface area contributed by atoms with Gasteiger partial charge in [0.05, 0.1) is 69.8 Å². The van der Waals surface area contributed by atoms with E-state index >= 15 is 0 Å². The van der Waals surface area contributed by atoms with Gasteiger partial charge in [-0.1, -0.05) is 47.5 Å². The van der Waals surface area contributed by atoms with Crippen LogP contribution < -0.4 is 10.6 Å². The smallest absolute Gasteiger partial charge is 0.417 e. The molecular formula is C39H29ClF4N6O4. The van der Waals surface area contributed by atoms with E-state index < -0.39 is 29.5 Å². The fourth-order valence-corrected chi connectivity index (χ4v) is 5.60. The Balaban J connectivity index is 0.000000184. The predicted molar refractivity (Wildman–Crippen MR) is 195 cm³/mol. The number of nitrogens with zero attached hydrogens (tertiary/aromatic N) is 4. The van der Waals surface area contributed by atoms with Crippen molar-refractivity contribution in [1.29, 1.82) is 0 Å². The van der Waals surface area contributed by atoms with Crippen LogP contribution in [0.1, 0.15) is 56.2 Å². The third-order valence-electron chi connectivity index (χ3n) is 8.23. The number of aromatic carboxylic acids is 2. The molecule has 7 rings (SSSR count). The van der Waals surface area contributed by atoms with Gasteiger partial charge in [-0.15, -0.1) is 0 Å². The zero-order valence-corrected chi connectivity index (χ0v) is 29.0. The molecule has 0 spiro atoms. The molecule has 274 valence electrons. The first-order chi connectivity index (χ1) is 25.8. The van der Waals surface area contributed by atoms with Crippen molar-refractivity contribution in [2.24, 2.45) is 0 Å². The molecule has 1 saturated carbocycles. The molecule has 1 aliphatic rings. The van der Waals surface area contributed by atoms with E-state index in [4.69, 9.17) is 11.6 Å². The predicted octanol–water partition coefficient (Wildman–Crippen LogP) is 10.2. The standard InChI is InChI=1S/C20H15ClFN3O2.C19H14F3N3O2/c21-13-4-5-17(22)15(8-13)19-23-9-14(10-24-19)25-18-6-3-12(11-1-2-11)7-16(18)20(26)27;1-11-6-7-16(14(8-11)18(26)27)25-12-9-23-17(24-10-12)13-4-2-3-5-15(13)19(20,21)22/h3-11,25H,1-2H2,(H,26,27);2-10,25H,1H3,(H,26,27). The van der Waals surface area contributed by atoms with Gasteiger partial charge >= 0.3 is 18.1 Å². The molecule has 4 aromatic carbocycles. The quantitative estimate of drug-likeness (QED) is 0.105. The number of alkyl halides is 3. The van der Waals surface area contributed by atoms with Crippen molar-refractivity contribution < 1.29 is 37.4 Å². The molecule has 0 bridgehead atoms. The Morgan fingerprint density at radius 1 is 0.722 bits per heavy atom. The Morgan fingerprint density at radius 3 is 1.81 bits per heavy atom. The fraction of sp³-hybridized carbons (Fsp3) is 0.128. The highest BCUT2D eigenvalue weighted by Gasteiger charge is 2.34. The zero-order valence-electron chi connectivity index (χ0n) is 28.2. The van der Waals surface area contributed by atoms with Crippen LogP contribution in [0.2, 0.25) is 5.02 Å². The zero-order chi connectivity index (χ0) is 38.6. The summed E-state index contributed by atoms with van der Waals surface area (Å²) >= 11 is 5.90. The second-order valence-electron chi connectivity index (χ2n) is 12.2. The van der Waals surface area contributed by atoms with Gasteiger partial charge in [-0.25, -0.2) is 33.9 Å². The van der Waals surface area contributed by atoms with Gasteiger partial charge < -0.3 is 20.8 Å². The van der Waals surface area contributed by atoms with E-state index in [1.54, 1.807) is 31.2 Å². The molecule has 2 heterocycles. The van der Waals surface area contributed by atoms with Gasteiger partial charge in [0.2, 0.25) is 0 Å². The van der Waals surface area contributed by atoms with Gasteiger partial charge in [0, 0.05) is 10.6 Å². The molecule has 0 radical (unpaired) electrons. The van der Waals surface area contributed by atoms with E-state index in [2.05, 4.69) is 30.6 Å². The van der Waals surface area contributed by atoms with Gasteiger partial charge in [0.15, 0.2) is 11.6 Å². The first-order valence-corrected chi connectivity index (χ1v) is 16.7. The molecule has 0 saturated heterocycles. The van der Waals surface area contributed by atoms with E-state index in [9.17, 15) is 37.4 Å². The molecule has 2 aromatic heterocycles. The molecule has 1 fully saturated rings. The van der Waals surface area contributed by atoms with Crippen LogP contribution in [0.3, 0.4) is 0 Å². The van der Waals surface area contributed by atoms with Crippen molar-refractivity contribution in [3.8, 4) is 22.8 Å². The van der Waals surface area contributed by atoms with Gasteiger partial charge in [-0.3, -0.25) is 0 Å². The van der Waals surface area contributed by atoms with E-state index in [-0.39, 0.29) is 33.9 Å². The van der Waals surface area contributed by atoms with Crippen molar-refractivity contribution >= 4 is 46.3 Å². The van der Waals surface area contributed by atoms with Crippen molar-refractivity contribution in [3.63, 3.8) is 0 Å². The summed E-state index contributed by atoms with van der Waals surface area (Å²) < 4.78 is 53.3. The van der Waals surface area contributed by atoms with E-state index in [0.29, 0.717) is 33.7 Å². The van der Waals surface area contributed by atoms with Gasteiger partial charge in [0.1, 0.15) is 5.82 Å². The number of hydrogen-bond donors (Lipinski definition) is 4. The Labute approximate surface area is 310 Å². The lowest BCUT2D eigenvalue weighted by molar-refractivity contribution is -0.137. The van der Waals surface area contributed by atoms with Crippen molar-refractivity contribution in [2.45, 2.75) is 31.9 Å². The number of carboxylic acid groups (broad SMARTS) is 2. The normalized spacial score (nSPS) is 12.3. The number of carboxylic acids is 2. The fourth-order valence-electron chi connectivity index (χ4n) is 5.43. The summed E-state index contributed by atoms with van der Waals surface area (Å²) in [4.78, 5) is 39.2. The lowest BCUT2D eigenvalue weighted by Crippen LogP contribution is -2.08. The maximum absolute atomic E-state index is 13.9. The molecule has 0 atom stereocenters. The number of aryl methyl sites for hydroxylation is 1. The van der Waals surface area contributed by atoms with Crippen LogP contribution in [0.5, 0.6) is 0 Å². The molecule has 54 heavy (non-hydrogen) atoms. The number of halogens is 5. The lowest BCUT2D eigenvalue weighted by Gasteiger charge is -2.13. The maximum atomic E-state index is 13.9. The van der Waals surface area contributed by atoms with Gasteiger partial charge in [-0.2, -0.15) is 13.2 Å². The highest BCUT2D eigenvalue weighted by atomic mass is 35.5. The number of hydrogen-bond acceptors (Lipinski definition) is 8. The SMILES string of the molecule is Cc1ccc(Nc2cnc(-c3ccccc3C(F)(F)F)nc2)c(C(=O)O)c1.O=C(O)c1cc(C2CC2)ccc1Nc1cnc(-c2cc(Cl)ccc2F)nc1. The number of benzene rings is 4. The van der Waals surface area contributed by atoms with Crippen LogP contribution in [0.15, 0.2) is 104 Å². The monoisotopic (exact) mass is 756 g/mol. The molecule has 6 aromatic rings. The maximum Gasteiger partial charge on any atom is 0.417 e. The van der Waals surface area contributed by atoms with Crippen LogP contribution in [-0.2, 0) is 6.18 Å². The summed E-state index contributed by atoms with van der Waals surface area (Å²) in [7, 11) is 0. The first-order valence-electron chi connectivity index (χ1n) is 16.3. The number of carbonyl (C=O) groups is 2. The number of nitrogens with one attached hydrogen (secondary N) is 2. The second kappa shape index (κ2) is 15.7. The van der Waals surface area contributed by atoms with Crippen LogP contribution in [0.25, 0.3) is 22.8 Å². The minimum Gasteiger partial charge on any atom is -0.478 e. The van der Waals surface area contributed by atoms with E-state index in [1.807, 2.05) is 6.07 Å². The highest BCUT2D eigenvalue weighted by molar-refractivity contribution is 6.30. The summed E-state index contributed by atoms with van der Waals surface area (Å²) in [6, 6.07) is 19.5. The first kappa shape index (κ1) is 37.4. The molecular weight excluding hydrogens is 728 g/mol. The Kier molecular flexibility index (Phi) is 10.8. The van der Waals surface area contributed by atoms with Crippen LogP contribution in [0, 0.1) is 12.7 Å². The molecule has 10 nitrogen and oxygen atoms in total. The summed E-state index contributed by atoms with van der Waals surface area (Å²) in [5, 5.41) is 25.1. The topological polar surface area (TPSA) is 150 Å². The highest BCUT2D eigenvalue weighted by Crippen LogP contribution is 2.41. The second-order valence-corrected chi connectivity index (χ2v) is 12.7. The van der Waals surface area contributed by atoms with E-state index in [0.717, 1.165) is 30.0 Å². The van der Waals surface area contributed by atoms with Gasteiger partial charge in [0.25, 0.3) is 0 Å². The van der Waals surface area contributed by atoms with E-state index in [1.165, 1.54) is 67.3 Å². The lowest BCUT2D eigenvalue weighted by atomic mass is 10.0. The summed E-state index contributed by atoms with van der Waals surface area (Å²) in [5.41, 5.74) is 3.00. The minimum atomic E-state index is -4.52. The third kappa shape index (κ3) is 8.96. The Hall–Kier alpha value is -6.41. The summed E-state index contributed by atoms with van der Waals surface area (Å²) in [6.07, 6.45) is 3.24.